The number of rotatable bonds is 4. The van der Waals surface area contributed by atoms with E-state index in [4.69, 9.17) is 5.73 Å². The largest absolute Gasteiger partial charge is 0.396 e. The third kappa shape index (κ3) is 2.97. The molecule has 0 saturated carbocycles. The Morgan fingerprint density at radius 3 is 2.62 bits per heavy atom. The maximum Gasteiger partial charge on any atom is 0.305 e. The molecule has 0 fully saturated rings. The Morgan fingerprint density at radius 2 is 2.00 bits per heavy atom. The fourth-order valence-corrected chi connectivity index (χ4v) is 3.17. The van der Waals surface area contributed by atoms with Gasteiger partial charge in [-0.05, 0) is 12.1 Å². The number of nitro groups is 1. The summed E-state index contributed by atoms with van der Waals surface area (Å²) in [6.07, 6.45) is 1.24. The summed E-state index contributed by atoms with van der Waals surface area (Å²) in [5.41, 5.74) is 4.37. The van der Waals surface area contributed by atoms with Crippen molar-refractivity contribution < 1.29 is 17.7 Å². The third-order valence-electron chi connectivity index (χ3n) is 2.70. The molecular formula is C12H10FN3O4S. The molecule has 1 aromatic heterocycles. The quantitative estimate of drug-likeness (QED) is 0.678. The van der Waals surface area contributed by atoms with Crippen LogP contribution in [-0.2, 0) is 15.6 Å². The summed E-state index contributed by atoms with van der Waals surface area (Å²) in [4.78, 5) is 13.4. The molecule has 0 radical (unpaired) electrons. The van der Waals surface area contributed by atoms with E-state index in [1.165, 1.54) is 30.5 Å². The molecule has 2 aromatic rings. The van der Waals surface area contributed by atoms with Crippen molar-refractivity contribution in [2.45, 2.75) is 10.8 Å². The maximum atomic E-state index is 13.9. The molecule has 0 bridgehead atoms. The number of halogens is 1. The van der Waals surface area contributed by atoms with Crippen molar-refractivity contribution in [1.29, 1.82) is 0 Å². The van der Waals surface area contributed by atoms with Crippen LogP contribution >= 0.6 is 0 Å². The van der Waals surface area contributed by atoms with Gasteiger partial charge in [0, 0.05) is 17.8 Å². The average molecular weight is 311 g/mol. The van der Waals surface area contributed by atoms with E-state index in [1.54, 1.807) is 0 Å². The SMILES string of the molecule is Nc1cccnc1S(=O)(=O)Cc1cccc([N+](=O)[O-])c1F. The zero-order chi connectivity index (χ0) is 15.6. The molecule has 0 unspecified atom stereocenters. The molecule has 0 aliphatic rings. The smallest absolute Gasteiger partial charge is 0.305 e. The number of nitrogen functional groups attached to an aromatic ring is 1. The first-order valence-corrected chi connectivity index (χ1v) is 7.33. The van der Waals surface area contributed by atoms with Gasteiger partial charge in [-0.2, -0.15) is 4.39 Å². The van der Waals surface area contributed by atoms with Crippen molar-refractivity contribution in [2.24, 2.45) is 0 Å². The number of benzene rings is 1. The monoisotopic (exact) mass is 311 g/mol. The van der Waals surface area contributed by atoms with Gasteiger partial charge in [0.05, 0.1) is 16.4 Å². The van der Waals surface area contributed by atoms with Gasteiger partial charge in [0.25, 0.3) is 0 Å². The van der Waals surface area contributed by atoms with Gasteiger partial charge >= 0.3 is 5.69 Å². The van der Waals surface area contributed by atoms with Crippen LogP contribution < -0.4 is 5.73 Å². The number of hydrogen-bond donors (Lipinski definition) is 1. The first-order valence-electron chi connectivity index (χ1n) is 5.68. The lowest BCUT2D eigenvalue weighted by Crippen LogP contribution is -2.11. The highest BCUT2D eigenvalue weighted by Crippen LogP contribution is 2.25. The fraction of sp³-hybridized carbons (Fsp3) is 0.0833. The van der Waals surface area contributed by atoms with Crippen molar-refractivity contribution in [1.82, 2.24) is 4.98 Å². The van der Waals surface area contributed by atoms with E-state index < -0.39 is 32.0 Å². The molecule has 21 heavy (non-hydrogen) atoms. The van der Waals surface area contributed by atoms with Crippen LogP contribution in [0.25, 0.3) is 0 Å². The van der Waals surface area contributed by atoms with Crippen LogP contribution in [0.15, 0.2) is 41.6 Å². The number of aromatic nitrogens is 1. The lowest BCUT2D eigenvalue weighted by Gasteiger charge is -2.07. The predicted molar refractivity (Wildman–Crippen MR) is 72.6 cm³/mol. The van der Waals surface area contributed by atoms with Gasteiger partial charge in [-0.1, -0.05) is 12.1 Å². The van der Waals surface area contributed by atoms with Crippen LogP contribution in [-0.4, -0.2) is 18.3 Å². The minimum atomic E-state index is -4.01. The number of nitrogens with two attached hydrogens (primary N) is 1. The number of sulfone groups is 1. The highest BCUT2D eigenvalue weighted by molar-refractivity contribution is 7.90. The topological polar surface area (TPSA) is 116 Å². The van der Waals surface area contributed by atoms with E-state index in [1.807, 2.05) is 0 Å². The molecule has 0 amide bonds. The van der Waals surface area contributed by atoms with Crippen LogP contribution in [0, 0.1) is 15.9 Å². The number of hydrogen-bond acceptors (Lipinski definition) is 6. The lowest BCUT2D eigenvalue weighted by molar-refractivity contribution is -0.387. The van der Waals surface area contributed by atoms with Crippen LogP contribution in [0.4, 0.5) is 15.8 Å². The molecule has 2 N–H and O–H groups in total. The molecule has 9 heteroatoms. The number of nitrogens with zero attached hydrogens (tertiary/aromatic N) is 2. The minimum Gasteiger partial charge on any atom is -0.396 e. The van der Waals surface area contributed by atoms with E-state index in [2.05, 4.69) is 4.98 Å². The number of anilines is 1. The molecular weight excluding hydrogens is 301 g/mol. The summed E-state index contributed by atoms with van der Waals surface area (Å²) >= 11 is 0. The Labute approximate surface area is 119 Å². The van der Waals surface area contributed by atoms with Crippen molar-refractivity contribution in [3.8, 4) is 0 Å². The molecule has 0 aliphatic heterocycles. The number of pyridine rings is 1. The average Bonchev–Trinajstić information content (AvgIpc) is 2.41. The van der Waals surface area contributed by atoms with Crippen LogP contribution in [0.2, 0.25) is 0 Å². The molecule has 1 aromatic carbocycles. The van der Waals surface area contributed by atoms with Gasteiger partial charge in [-0.25, -0.2) is 13.4 Å². The number of nitro benzene ring substituents is 1. The second-order valence-electron chi connectivity index (χ2n) is 4.16. The molecule has 0 atom stereocenters. The molecule has 110 valence electrons. The molecule has 1 heterocycles. The van der Waals surface area contributed by atoms with Gasteiger partial charge in [0.2, 0.25) is 15.7 Å². The Hall–Kier alpha value is -2.55. The Morgan fingerprint density at radius 1 is 1.29 bits per heavy atom. The highest BCUT2D eigenvalue weighted by atomic mass is 32.2. The third-order valence-corrected chi connectivity index (χ3v) is 4.32. The fourth-order valence-electron chi connectivity index (χ4n) is 1.75. The summed E-state index contributed by atoms with van der Waals surface area (Å²) < 4.78 is 38.3. The van der Waals surface area contributed by atoms with E-state index in [0.29, 0.717) is 0 Å². The molecule has 0 spiro atoms. The highest BCUT2D eigenvalue weighted by Gasteiger charge is 2.25. The zero-order valence-electron chi connectivity index (χ0n) is 10.6. The first-order chi connectivity index (χ1) is 9.83. The van der Waals surface area contributed by atoms with E-state index in [9.17, 15) is 22.9 Å². The Kier molecular flexibility index (Phi) is 3.85. The zero-order valence-corrected chi connectivity index (χ0v) is 11.4. The minimum absolute atomic E-state index is 0.0664. The van der Waals surface area contributed by atoms with Crippen molar-refractivity contribution >= 4 is 21.2 Å². The van der Waals surface area contributed by atoms with Crippen LogP contribution in [0.5, 0.6) is 0 Å². The molecule has 0 saturated heterocycles. The van der Waals surface area contributed by atoms with Gasteiger partial charge in [-0.3, -0.25) is 10.1 Å². The standard InChI is InChI=1S/C12H10FN3O4S/c13-11-8(3-1-5-10(11)16(17)18)7-21(19,20)12-9(14)4-2-6-15-12/h1-6H,7,14H2. The van der Waals surface area contributed by atoms with Gasteiger partial charge in [-0.15, -0.1) is 0 Å². The summed E-state index contributed by atoms with van der Waals surface area (Å²) in [5, 5.41) is 10.3. The normalized spacial score (nSPS) is 11.3. The Bertz CT molecular complexity index is 808. The second kappa shape index (κ2) is 5.44. The second-order valence-corrected chi connectivity index (χ2v) is 6.07. The molecule has 7 nitrogen and oxygen atoms in total. The van der Waals surface area contributed by atoms with Gasteiger partial charge in [0.15, 0.2) is 5.03 Å². The maximum absolute atomic E-state index is 13.9. The van der Waals surface area contributed by atoms with Crippen LogP contribution in [0.3, 0.4) is 0 Å². The van der Waals surface area contributed by atoms with Crippen molar-refractivity contribution in [3.05, 3.63) is 58.0 Å². The molecule has 0 aliphatic carbocycles. The summed E-state index contributed by atoms with van der Waals surface area (Å²) in [6.45, 7) is 0. The summed E-state index contributed by atoms with van der Waals surface area (Å²) in [6, 6.07) is 6.15. The summed E-state index contributed by atoms with van der Waals surface area (Å²) in [5.74, 6) is -1.94. The Balaban J connectivity index is 2.45. The first kappa shape index (κ1) is 14.9. The predicted octanol–water partition coefficient (Wildman–Crippen LogP) is 1.69. The van der Waals surface area contributed by atoms with E-state index >= 15 is 0 Å². The van der Waals surface area contributed by atoms with Crippen LogP contribution in [0.1, 0.15) is 5.56 Å². The van der Waals surface area contributed by atoms with E-state index in [-0.39, 0.29) is 16.3 Å². The van der Waals surface area contributed by atoms with Gasteiger partial charge in [0.1, 0.15) is 0 Å². The van der Waals surface area contributed by atoms with Crippen molar-refractivity contribution in [3.63, 3.8) is 0 Å². The lowest BCUT2D eigenvalue weighted by atomic mass is 10.2. The van der Waals surface area contributed by atoms with E-state index in [0.717, 1.165) is 6.07 Å². The summed E-state index contributed by atoms with van der Waals surface area (Å²) in [7, 11) is -4.01. The molecule has 2 rings (SSSR count). The van der Waals surface area contributed by atoms with Crippen molar-refractivity contribution in [2.75, 3.05) is 5.73 Å². The van der Waals surface area contributed by atoms with Gasteiger partial charge < -0.3 is 5.73 Å².